The Hall–Kier alpha value is -0.0800. The molecule has 0 spiro atoms. The van der Waals surface area contributed by atoms with E-state index in [1.54, 1.807) is 0 Å². The number of hydrogen-bond donors (Lipinski definition) is 0. The van der Waals surface area contributed by atoms with E-state index in [0.717, 1.165) is 6.04 Å². The molecule has 1 saturated carbocycles. The van der Waals surface area contributed by atoms with Gasteiger partial charge in [-0.1, -0.05) is 6.42 Å². The van der Waals surface area contributed by atoms with E-state index in [0.29, 0.717) is 0 Å². The zero-order valence-corrected chi connectivity index (χ0v) is 8.71. The average molecular weight is 173 g/mol. The summed E-state index contributed by atoms with van der Waals surface area (Å²) >= 11 is 0. The Morgan fingerprint density at radius 1 is 1.08 bits per heavy atom. The maximum absolute atomic E-state index is 2.37. The summed E-state index contributed by atoms with van der Waals surface area (Å²) in [5.41, 5.74) is 0. The molecule has 0 saturated heterocycles. The third-order valence-corrected chi connectivity index (χ3v) is 3.38. The van der Waals surface area contributed by atoms with Crippen molar-refractivity contribution < 1.29 is 9.96 Å². The maximum atomic E-state index is 2.37. The van der Waals surface area contributed by atoms with Crippen molar-refractivity contribution in [3.63, 3.8) is 0 Å². The molecule has 1 N–H and O–H groups in total. The lowest BCUT2D eigenvalue weighted by atomic mass is 9.93. The normalized spacial score (nSPS) is 20.2. The second-order valence-corrected chi connectivity index (χ2v) is 4.39. The van der Waals surface area contributed by atoms with Gasteiger partial charge >= 0.3 is 0 Å². The highest BCUT2D eigenvalue weighted by atomic mass is 16.0. The summed E-state index contributed by atoms with van der Waals surface area (Å²) in [6.45, 7) is 3.58. The van der Waals surface area contributed by atoms with Crippen LogP contribution in [0.2, 0.25) is 0 Å². The first kappa shape index (κ1) is 11.9. The predicted octanol–water partition coefficient (Wildman–Crippen LogP) is 2.24. The van der Waals surface area contributed by atoms with Crippen LogP contribution < -0.4 is 0 Å². The first-order chi connectivity index (χ1) is 5.17. The lowest BCUT2D eigenvalue weighted by Crippen LogP contribution is -2.49. The molecule has 0 heterocycles. The standard InChI is InChI=1S/C10H22N.H2O/c1-4-11(2,3)10-8-6-5-7-9-10;/h10H,4-9H2,1-3H3;1H2/q+1;/p-1. The molecule has 0 aliphatic heterocycles. The molecule has 1 aliphatic carbocycles. The van der Waals surface area contributed by atoms with E-state index in [-0.39, 0.29) is 5.48 Å². The average Bonchev–Trinajstić information content (AvgIpc) is 2.06. The van der Waals surface area contributed by atoms with Crippen LogP contribution in [0.15, 0.2) is 0 Å². The Balaban J connectivity index is 0.00000121. The minimum atomic E-state index is 0. The summed E-state index contributed by atoms with van der Waals surface area (Å²) in [4.78, 5) is 0. The summed E-state index contributed by atoms with van der Waals surface area (Å²) in [5, 5.41) is 0. The molecule has 1 rings (SSSR count). The number of rotatable bonds is 2. The quantitative estimate of drug-likeness (QED) is 0.589. The van der Waals surface area contributed by atoms with Gasteiger partial charge in [-0.15, -0.1) is 0 Å². The molecule has 74 valence electrons. The van der Waals surface area contributed by atoms with Gasteiger partial charge in [0, 0.05) is 0 Å². The Labute approximate surface area is 76.5 Å². The minimum Gasteiger partial charge on any atom is -0.870 e. The van der Waals surface area contributed by atoms with Crippen LogP contribution in [0, 0.1) is 0 Å². The van der Waals surface area contributed by atoms with Gasteiger partial charge in [0.05, 0.1) is 26.7 Å². The molecule has 0 bridgehead atoms. The van der Waals surface area contributed by atoms with E-state index in [1.165, 1.54) is 43.1 Å². The van der Waals surface area contributed by atoms with Crippen molar-refractivity contribution >= 4 is 0 Å². The first-order valence-corrected chi connectivity index (χ1v) is 4.99. The van der Waals surface area contributed by atoms with E-state index >= 15 is 0 Å². The summed E-state index contributed by atoms with van der Waals surface area (Å²) in [7, 11) is 4.74. The zero-order chi connectivity index (χ0) is 8.32. The van der Waals surface area contributed by atoms with E-state index in [9.17, 15) is 0 Å². The molecule has 0 aromatic heterocycles. The van der Waals surface area contributed by atoms with Crippen LogP contribution >= 0.6 is 0 Å². The monoisotopic (exact) mass is 173 g/mol. The van der Waals surface area contributed by atoms with Crippen molar-refractivity contribution in [1.29, 1.82) is 0 Å². The molecule has 0 aromatic carbocycles. The van der Waals surface area contributed by atoms with E-state index < -0.39 is 0 Å². The Bertz CT molecular complexity index is 117. The topological polar surface area (TPSA) is 30.0 Å². The van der Waals surface area contributed by atoms with Crippen molar-refractivity contribution in [2.75, 3.05) is 20.6 Å². The van der Waals surface area contributed by atoms with Gasteiger partial charge in [0.2, 0.25) is 0 Å². The van der Waals surface area contributed by atoms with Gasteiger partial charge in [0.1, 0.15) is 0 Å². The predicted molar refractivity (Wildman–Crippen MR) is 51.5 cm³/mol. The highest BCUT2D eigenvalue weighted by molar-refractivity contribution is 4.65. The fourth-order valence-electron chi connectivity index (χ4n) is 2.04. The van der Waals surface area contributed by atoms with Gasteiger partial charge in [-0.2, -0.15) is 0 Å². The highest BCUT2D eigenvalue weighted by Gasteiger charge is 2.27. The summed E-state index contributed by atoms with van der Waals surface area (Å²) < 4.78 is 1.24. The third kappa shape index (κ3) is 2.76. The highest BCUT2D eigenvalue weighted by Crippen LogP contribution is 2.24. The SMILES string of the molecule is CC[N+](C)(C)C1CCCCC1.[OH-]. The Morgan fingerprint density at radius 3 is 2.00 bits per heavy atom. The van der Waals surface area contributed by atoms with E-state index in [2.05, 4.69) is 21.0 Å². The maximum Gasteiger partial charge on any atom is 0.0886 e. The van der Waals surface area contributed by atoms with Crippen molar-refractivity contribution in [3.05, 3.63) is 0 Å². The molecule has 0 unspecified atom stereocenters. The molecule has 12 heavy (non-hydrogen) atoms. The fourth-order valence-corrected chi connectivity index (χ4v) is 2.04. The molecule has 1 aliphatic rings. The largest absolute Gasteiger partial charge is 0.870 e. The molecule has 2 nitrogen and oxygen atoms in total. The van der Waals surface area contributed by atoms with Crippen molar-refractivity contribution in [3.8, 4) is 0 Å². The van der Waals surface area contributed by atoms with Crippen LogP contribution in [0.1, 0.15) is 39.0 Å². The molecule has 0 aromatic rings. The van der Waals surface area contributed by atoms with Crippen molar-refractivity contribution in [1.82, 2.24) is 0 Å². The molecule has 0 amide bonds. The number of nitrogens with zero attached hydrogens (tertiary/aromatic N) is 1. The van der Waals surface area contributed by atoms with E-state index in [1.807, 2.05) is 0 Å². The molecule has 2 heteroatoms. The van der Waals surface area contributed by atoms with Crippen molar-refractivity contribution in [2.45, 2.75) is 45.1 Å². The lowest BCUT2D eigenvalue weighted by molar-refractivity contribution is -0.914. The number of hydrogen-bond acceptors (Lipinski definition) is 1. The van der Waals surface area contributed by atoms with Crippen LogP contribution in [0.3, 0.4) is 0 Å². The number of quaternary nitrogens is 1. The summed E-state index contributed by atoms with van der Waals surface area (Å²) in [5.74, 6) is 0. The Kier molecular flexibility index (Phi) is 4.80. The van der Waals surface area contributed by atoms with Gasteiger partial charge in [-0.3, -0.25) is 0 Å². The van der Waals surface area contributed by atoms with Crippen LogP contribution in [0.4, 0.5) is 0 Å². The molecule has 0 radical (unpaired) electrons. The van der Waals surface area contributed by atoms with Crippen LogP contribution in [0.25, 0.3) is 0 Å². The van der Waals surface area contributed by atoms with Crippen LogP contribution in [0.5, 0.6) is 0 Å². The summed E-state index contributed by atoms with van der Waals surface area (Å²) in [6, 6.07) is 0.953. The smallest absolute Gasteiger partial charge is 0.0886 e. The molecule has 1 fully saturated rings. The van der Waals surface area contributed by atoms with E-state index in [4.69, 9.17) is 0 Å². The van der Waals surface area contributed by atoms with Gasteiger partial charge in [0.15, 0.2) is 0 Å². The minimum absolute atomic E-state index is 0. The fraction of sp³-hybridized carbons (Fsp3) is 1.00. The molecule has 0 atom stereocenters. The third-order valence-electron chi connectivity index (χ3n) is 3.38. The molecular weight excluding hydrogens is 150 g/mol. The molecular formula is C10H23NO. The second-order valence-electron chi connectivity index (χ2n) is 4.39. The van der Waals surface area contributed by atoms with Crippen LogP contribution in [-0.4, -0.2) is 36.6 Å². The zero-order valence-electron chi connectivity index (χ0n) is 8.71. The Morgan fingerprint density at radius 2 is 1.58 bits per heavy atom. The lowest BCUT2D eigenvalue weighted by Gasteiger charge is -2.39. The van der Waals surface area contributed by atoms with Gasteiger partial charge in [0.25, 0.3) is 0 Å². The van der Waals surface area contributed by atoms with Gasteiger partial charge < -0.3 is 9.96 Å². The second kappa shape index (κ2) is 4.83. The first-order valence-electron chi connectivity index (χ1n) is 4.99. The van der Waals surface area contributed by atoms with Gasteiger partial charge in [-0.25, -0.2) is 0 Å². The van der Waals surface area contributed by atoms with Crippen LogP contribution in [-0.2, 0) is 0 Å². The van der Waals surface area contributed by atoms with Crippen molar-refractivity contribution in [2.24, 2.45) is 0 Å². The summed E-state index contributed by atoms with van der Waals surface area (Å²) in [6.07, 6.45) is 7.32. The van der Waals surface area contributed by atoms with Gasteiger partial charge in [-0.05, 0) is 32.6 Å².